The van der Waals surface area contributed by atoms with Crippen LogP contribution in [0.2, 0.25) is 0 Å². The molecule has 3 heterocycles. The van der Waals surface area contributed by atoms with Crippen LogP contribution in [-0.2, 0) is 42.9 Å². The van der Waals surface area contributed by atoms with E-state index in [0.717, 1.165) is 12.0 Å². The number of ether oxygens (including phenoxy) is 4. The predicted molar refractivity (Wildman–Crippen MR) is 244 cm³/mol. The minimum Gasteiger partial charge on any atom is -0.460 e. The van der Waals surface area contributed by atoms with Gasteiger partial charge in [0.25, 0.3) is 11.7 Å². The van der Waals surface area contributed by atoms with Crippen molar-refractivity contribution < 1.29 is 58.2 Å². The van der Waals surface area contributed by atoms with Crippen molar-refractivity contribution in [3.05, 3.63) is 47.6 Å². The van der Waals surface area contributed by atoms with Crippen LogP contribution in [0.1, 0.15) is 132 Å². The van der Waals surface area contributed by atoms with Crippen LogP contribution in [0.15, 0.2) is 47.6 Å². The van der Waals surface area contributed by atoms with E-state index in [1.807, 2.05) is 65.0 Å². The van der Waals surface area contributed by atoms with Gasteiger partial charge in [-0.25, -0.2) is 4.79 Å². The third-order valence-electron chi connectivity index (χ3n) is 14.6. The second-order valence-electron chi connectivity index (χ2n) is 19.8. The van der Waals surface area contributed by atoms with Gasteiger partial charge < -0.3 is 39.2 Å². The van der Waals surface area contributed by atoms with Gasteiger partial charge in [-0.2, -0.15) is 0 Å². The molecular weight excluding hydrogens is 819 g/mol. The Morgan fingerprint density at radius 1 is 0.844 bits per heavy atom. The van der Waals surface area contributed by atoms with E-state index in [9.17, 15) is 39.3 Å². The minimum atomic E-state index is -2.37. The van der Waals surface area contributed by atoms with Gasteiger partial charge in [0.15, 0.2) is 5.78 Å². The second-order valence-corrected chi connectivity index (χ2v) is 19.8. The van der Waals surface area contributed by atoms with E-state index in [1.54, 1.807) is 34.0 Å². The number of Topliss-reactive ketones (excluding diaryl/α,β-unsaturated/α-hetero) is 3. The fourth-order valence-corrected chi connectivity index (χ4v) is 10.0. The molecule has 3 fully saturated rings. The van der Waals surface area contributed by atoms with Crippen molar-refractivity contribution in [2.24, 2.45) is 41.4 Å². The number of nitrogens with zero attached hydrogens (tertiary/aromatic N) is 1. The van der Waals surface area contributed by atoms with E-state index in [1.165, 1.54) is 12.0 Å². The quantitative estimate of drug-likeness (QED) is 0.149. The maximum Gasteiger partial charge on any atom is 0.329 e. The SMILES string of the molecule is CO[C@@H]1C[C@H](C[C@@H](C)[C@@H]2CC(=O)[C@H](C)/C=C(\C)[C@@H](O)[C@@H](OC)C(=O)[C@H](C)C[C@H](C)/C=C/C=C/C=C(\C)C(C)CC3CC[C@@H](C)[C@@](O)(O3)C(=O)C(=O)N3CCCC[C@H]3C(=O)O2)CC[C@H]1O. The van der Waals surface area contributed by atoms with E-state index in [2.05, 4.69) is 0 Å². The second kappa shape index (κ2) is 24.4. The minimum absolute atomic E-state index is 0.0315. The Labute approximate surface area is 382 Å². The Bertz CT molecular complexity index is 1740. The fourth-order valence-electron chi connectivity index (χ4n) is 10.0. The fraction of sp³-hybridized carbons (Fsp3) is 0.745. The van der Waals surface area contributed by atoms with Gasteiger partial charge in [-0.05, 0) is 114 Å². The molecule has 4 aliphatic rings. The smallest absolute Gasteiger partial charge is 0.329 e. The Balaban J connectivity index is 1.69. The first-order valence-electron chi connectivity index (χ1n) is 23.9. The number of carbonyl (C=O) groups excluding carboxylic acids is 5. The number of ketones is 3. The Morgan fingerprint density at radius 2 is 1.56 bits per heavy atom. The number of rotatable bonds is 5. The molecule has 2 unspecified atom stereocenters. The molecule has 13 heteroatoms. The van der Waals surface area contributed by atoms with Crippen molar-refractivity contribution in [2.75, 3.05) is 20.8 Å². The van der Waals surface area contributed by atoms with Crippen molar-refractivity contribution in [1.82, 2.24) is 4.90 Å². The third kappa shape index (κ3) is 13.9. The zero-order chi connectivity index (χ0) is 47.5. The molecule has 15 atom stereocenters. The van der Waals surface area contributed by atoms with E-state index in [4.69, 9.17) is 18.9 Å². The van der Waals surface area contributed by atoms with Crippen LogP contribution in [0.25, 0.3) is 0 Å². The molecule has 13 nitrogen and oxygen atoms in total. The van der Waals surface area contributed by atoms with Crippen LogP contribution in [0.3, 0.4) is 0 Å². The lowest BCUT2D eigenvalue weighted by Gasteiger charge is -2.42. The lowest BCUT2D eigenvalue weighted by atomic mass is 9.78. The highest BCUT2D eigenvalue weighted by atomic mass is 16.6. The molecule has 1 aliphatic carbocycles. The van der Waals surface area contributed by atoms with Gasteiger partial charge >= 0.3 is 5.97 Å². The molecule has 1 saturated carbocycles. The topological polar surface area (TPSA) is 186 Å². The summed E-state index contributed by atoms with van der Waals surface area (Å²) < 4.78 is 23.6. The van der Waals surface area contributed by atoms with Gasteiger partial charge in [-0.1, -0.05) is 83.6 Å². The van der Waals surface area contributed by atoms with Crippen molar-refractivity contribution in [1.29, 1.82) is 0 Å². The van der Waals surface area contributed by atoms with Crippen LogP contribution in [-0.4, -0.2) is 119 Å². The number of carbonyl (C=O) groups is 5. The van der Waals surface area contributed by atoms with Gasteiger partial charge in [0.1, 0.15) is 30.1 Å². The maximum absolute atomic E-state index is 14.3. The number of aliphatic hydroxyl groups excluding tert-OH is 2. The van der Waals surface area contributed by atoms with Crippen LogP contribution in [0, 0.1) is 41.4 Å². The van der Waals surface area contributed by atoms with Crippen molar-refractivity contribution >= 4 is 29.2 Å². The number of fused-ring (bicyclic) bond motifs is 3. The number of allylic oxidation sites excluding steroid dienone is 7. The van der Waals surface area contributed by atoms with Crippen LogP contribution in [0.5, 0.6) is 0 Å². The number of esters is 1. The molecule has 2 bridgehead atoms. The lowest BCUT2D eigenvalue weighted by molar-refractivity contribution is -0.264. The van der Waals surface area contributed by atoms with Crippen LogP contribution in [0.4, 0.5) is 0 Å². The molecular formula is C51H79NO12. The summed E-state index contributed by atoms with van der Waals surface area (Å²) in [6.45, 7) is 15.0. The van der Waals surface area contributed by atoms with E-state index >= 15 is 0 Å². The van der Waals surface area contributed by atoms with Crippen LogP contribution < -0.4 is 0 Å². The summed E-state index contributed by atoms with van der Waals surface area (Å²) in [5.74, 6) is -7.66. The summed E-state index contributed by atoms with van der Waals surface area (Å²) in [4.78, 5) is 71.7. The average molecular weight is 898 g/mol. The van der Waals surface area contributed by atoms with Crippen LogP contribution >= 0.6 is 0 Å². The zero-order valence-electron chi connectivity index (χ0n) is 40.2. The standard InChI is InChI=1S/C51H79NO12/c1-30-16-12-11-13-17-31(2)32(3)27-39-21-19-37(8)51(60,64-39)48(57)49(58)52-23-15-14-18-40(52)50(59)63-43(34(5)26-38-20-22-41(53)44(28-38)61-9)29-42(54)33(4)25-36(7)46(56)47(62-10)45(55)35(6)24-30/h11-13,16-17,25,30,32-35,37-41,43-44,46-47,53,56,60H,14-15,18-24,26-29H2,1-10H3/b13-11+,16-12+,31-17+,36-25+/t30-,32?,33-,34-,35-,37-,38+,39?,40+,41-,43+,44-,46-,47+,51-/m1/s1. The van der Waals surface area contributed by atoms with Gasteiger partial charge in [0.05, 0.1) is 18.3 Å². The number of hydrogen-bond acceptors (Lipinski definition) is 12. The van der Waals surface area contributed by atoms with E-state index < -0.39 is 77.8 Å². The largest absolute Gasteiger partial charge is 0.460 e. The van der Waals surface area contributed by atoms with Gasteiger partial charge in [-0.15, -0.1) is 0 Å². The first-order chi connectivity index (χ1) is 30.2. The van der Waals surface area contributed by atoms with Gasteiger partial charge in [-0.3, -0.25) is 19.2 Å². The number of hydrogen-bond donors (Lipinski definition) is 3. The molecule has 3 N–H and O–H groups in total. The molecule has 0 aromatic carbocycles. The molecule has 0 radical (unpaired) electrons. The summed E-state index contributed by atoms with van der Waals surface area (Å²) in [6, 6.07) is -1.12. The first-order valence-corrected chi connectivity index (χ1v) is 23.9. The summed E-state index contributed by atoms with van der Waals surface area (Å²) in [7, 11) is 2.95. The molecule has 2 saturated heterocycles. The molecule has 0 spiro atoms. The van der Waals surface area contributed by atoms with E-state index in [0.29, 0.717) is 63.4 Å². The highest BCUT2D eigenvalue weighted by molar-refractivity contribution is 6.39. The van der Waals surface area contributed by atoms with Crippen molar-refractivity contribution in [3.63, 3.8) is 0 Å². The predicted octanol–water partition coefficient (Wildman–Crippen LogP) is 6.80. The molecule has 64 heavy (non-hydrogen) atoms. The maximum atomic E-state index is 14.3. The molecule has 3 aliphatic heterocycles. The highest BCUT2D eigenvalue weighted by Gasteiger charge is 2.53. The van der Waals surface area contributed by atoms with Gasteiger partial charge in [0.2, 0.25) is 5.79 Å². The van der Waals surface area contributed by atoms with Gasteiger partial charge in [0, 0.05) is 44.9 Å². The third-order valence-corrected chi connectivity index (χ3v) is 14.6. The number of amides is 1. The molecule has 360 valence electrons. The van der Waals surface area contributed by atoms with Crippen molar-refractivity contribution in [2.45, 2.75) is 181 Å². The zero-order valence-corrected chi connectivity index (χ0v) is 40.2. The summed E-state index contributed by atoms with van der Waals surface area (Å²) in [5, 5.41) is 33.8. The summed E-state index contributed by atoms with van der Waals surface area (Å²) >= 11 is 0. The monoisotopic (exact) mass is 898 g/mol. The first kappa shape index (κ1) is 53.3. The highest BCUT2D eigenvalue weighted by Crippen LogP contribution is 2.38. The van der Waals surface area contributed by atoms with Crippen molar-refractivity contribution in [3.8, 4) is 0 Å². The number of piperidine rings is 1. The number of aliphatic hydroxyl groups is 3. The summed E-state index contributed by atoms with van der Waals surface area (Å²) in [6.07, 6.45) is 12.5. The number of cyclic esters (lactones) is 1. The Kier molecular flexibility index (Phi) is 20.4. The normalized spacial score (nSPS) is 40.9. The molecule has 4 rings (SSSR count). The average Bonchev–Trinajstić information content (AvgIpc) is 3.26. The summed E-state index contributed by atoms with van der Waals surface area (Å²) in [5.41, 5.74) is 1.46. The molecule has 0 aromatic heterocycles. The molecule has 1 amide bonds. The molecule has 0 aromatic rings. The Morgan fingerprint density at radius 3 is 2.25 bits per heavy atom. The number of methoxy groups -OCH3 is 2. The Hall–Kier alpha value is -3.33. The van der Waals surface area contributed by atoms with E-state index in [-0.39, 0.29) is 60.7 Å². The lowest BCUT2D eigenvalue weighted by Crippen LogP contribution is -2.60.